The molecule has 0 atom stereocenters. The number of hydrogen-bond acceptors (Lipinski definition) is 6. The Labute approximate surface area is 117 Å². The molecule has 20 heavy (non-hydrogen) atoms. The van der Waals surface area contributed by atoms with E-state index < -0.39 is 5.41 Å². The van der Waals surface area contributed by atoms with Gasteiger partial charge in [-0.05, 0) is 32.4 Å². The summed E-state index contributed by atoms with van der Waals surface area (Å²) in [5.74, 6) is 0.400. The van der Waals surface area contributed by atoms with E-state index in [2.05, 4.69) is 15.1 Å². The zero-order chi connectivity index (χ0) is 14.6. The third-order valence-corrected chi connectivity index (χ3v) is 2.87. The highest BCUT2D eigenvalue weighted by Gasteiger charge is 2.37. The van der Waals surface area contributed by atoms with Crippen LogP contribution in [-0.2, 0) is 21.4 Å². The predicted octanol–water partition coefficient (Wildman–Crippen LogP) is 1.90. The average Bonchev–Trinajstić information content (AvgIpc) is 2.89. The first-order valence-electron chi connectivity index (χ1n) is 6.43. The number of hydrogen-bond donors (Lipinski definition) is 0. The van der Waals surface area contributed by atoms with Gasteiger partial charge in [-0.2, -0.15) is 4.98 Å². The van der Waals surface area contributed by atoms with Crippen molar-refractivity contribution in [3.05, 3.63) is 41.8 Å². The highest BCUT2D eigenvalue weighted by Crippen LogP contribution is 2.23. The second-order valence-corrected chi connectivity index (χ2v) is 4.90. The van der Waals surface area contributed by atoms with Crippen LogP contribution in [0.2, 0.25) is 0 Å². The van der Waals surface area contributed by atoms with Crippen molar-refractivity contribution in [2.24, 2.45) is 0 Å². The van der Waals surface area contributed by atoms with Crippen molar-refractivity contribution in [2.75, 3.05) is 6.61 Å². The van der Waals surface area contributed by atoms with Crippen LogP contribution in [0.4, 0.5) is 0 Å². The van der Waals surface area contributed by atoms with Crippen LogP contribution in [0, 0.1) is 0 Å². The van der Waals surface area contributed by atoms with Crippen LogP contribution < -0.4 is 0 Å². The van der Waals surface area contributed by atoms with Gasteiger partial charge in [0.25, 0.3) is 0 Å². The molecule has 0 aliphatic rings. The van der Waals surface area contributed by atoms with Gasteiger partial charge >= 0.3 is 5.97 Å². The molecule has 2 rings (SSSR count). The second-order valence-electron chi connectivity index (χ2n) is 4.90. The van der Waals surface area contributed by atoms with Crippen LogP contribution >= 0.6 is 0 Å². The molecule has 2 aromatic rings. The first kappa shape index (κ1) is 14.2. The van der Waals surface area contributed by atoms with Crippen LogP contribution in [0.1, 0.15) is 38.0 Å². The molecule has 0 aliphatic heterocycles. The van der Waals surface area contributed by atoms with Crippen LogP contribution in [-0.4, -0.2) is 27.7 Å². The molecule has 0 unspecified atom stereocenters. The molecular weight excluding hydrogens is 258 g/mol. The number of pyridine rings is 1. The van der Waals surface area contributed by atoms with Crippen molar-refractivity contribution in [2.45, 2.75) is 32.6 Å². The van der Waals surface area contributed by atoms with Crippen molar-refractivity contribution in [3.63, 3.8) is 0 Å². The van der Waals surface area contributed by atoms with Crippen LogP contribution in [0.25, 0.3) is 0 Å². The van der Waals surface area contributed by atoms with Crippen LogP contribution in [0.3, 0.4) is 0 Å². The molecule has 6 heteroatoms. The first-order valence-corrected chi connectivity index (χ1v) is 6.43. The van der Waals surface area contributed by atoms with Gasteiger partial charge in [0.15, 0.2) is 5.82 Å². The molecule has 0 fully saturated rings. The summed E-state index contributed by atoms with van der Waals surface area (Å²) in [5.41, 5.74) is 0.0321. The van der Waals surface area contributed by atoms with Crippen molar-refractivity contribution >= 4 is 5.97 Å². The van der Waals surface area contributed by atoms with E-state index in [-0.39, 0.29) is 11.9 Å². The minimum atomic E-state index is -0.948. The molecular formula is C14H17N3O3. The van der Waals surface area contributed by atoms with E-state index in [1.165, 1.54) is 0 Å². The molecule has 106 valence electrons. The number of ether oxygens (including phenoxy) is 1. The minimum Gasteiger partial charge on any atom is -0.465 e. The normalized spacial score (nSPS) is 11.3. The molecule has 0 amide bonds. The summed E-state index contributed by atoms with van der Waals surface area (Å²) in [6, 6.07) is 3.78. The lowest BCUT2D eigenvalue weighted by atomic mass is 9.94. The van der Waals surface area contributed by atoms with Gasteiger partial charge in [0.2, 0.25) is 5.89 Å². The fraction of sp³-hybridized carbons (Fsp3) is 0.429. The maximum absolute atomic E-state index is 11.9. The molecule has 2 aromatic heterocycles. The van der Waals surface area contributed by atoms with E-state index in [4.69, 9.17) is 9.26 Å². The summed E-state index contributed by atoms with van der Waals surface area (Å²) in [6.45, 7) is 5.48. The standard InChI is InChI=1S/C14H17N3O3/c1-4-19-13(18)14(2,3)12-16-11(17-20-12)8-10-6-5-7-15-9-10/h5-7,9H,4,8H2,1-3H3. The largest absolute Gasteiger partial charge is 0.465 e. The van der Waals surface area contributed by atoms with E-state index >= 15 is 0 Å². The van der Waals surface area contributed by atoms with E-state index in [9.17, 15) is 4.79 Å². The summed E-state index contributed by atoms with van der Waals surface area (Å²) in [7, 11) is 0. The Morgan fingerprint density at radius 3 is 2.90 bits per heavy atom. The first-order chi connectivity index (χ1) is 9.54. The van der Waals surface area contributed by atoms with Gasteiger partial charge in [0, 0.05) is 18.8 Å². The molecule has 2 heterocycles. The Hall–Kier alpha value is -2.24. The Bertz CT molecular complexity index is 578. The van der Waals surface area contributed by atoms with Gasteiger partial charge in [-0.3, -0.25) is 9.78 Å². The zero-order valence-corrected chi connectivity index (χ0v) is 11.8. The third-order valence-electron chi connectivity index (χ3n) is 2.87. The van der Waals surface area contributed by atoms with Gasteiger partial charge in [-0.15, -0.1) is 0 Å². The van der Waals surface area contributed by atoms with Gasteiger partial charge in [0.1, 0.15) is 5.41 Å². The number of aromatic nitrogens is 3. The second kappa shape index (κ2) is 5.81. The lowest BCUT2D eigenvalue weighted by molar-refractivity contribution is -0.149. The Morgan fingerprint density at radius 1 is 1.45 bits per heavy atom. The molecule has 0 aromatic carbocycles. The Morgan fingerprint density at radius 2 is 2.25 bits per heavy atom. The van der Waals surface area contributed by atoms with Gasteiger partial charge in [-0.25, -0.2) is 0 Å². The molecule has 0 aliphatic carbocycles. The maximum atomic E-state index is 11.9. The van der Waals surface area contributed by atoms with Crippen LogP contribution in [0.5, 0.6) is 0 Å². The fourth-order valence-electron chi connectivity index (χ4n) is 1.66. The lowest BCUT2D eigenvalue weighted by Gasteiger charge is -2.16. The zero-order valence-electron chi connectivity index (χ0n) is 11.8. The predicted molar refractivity (Wildman–Crippen MR) is 71.0 cm³/mol. The van der Waals surface area contributed by atoms with Crippen molar-refractivity contribution < 1.29 is 14.1 Å². The number of carbonyl (C=O) groups excluding carboxylic acids is 1. The number of esters is 1. The molecule has 0 saturated heterocycles. The highest BCUT2D eigenvalue weighted by molar-refractivity contribution is 5.80. The van der Waals surface area contributed by atoms with Gasteiger partial charge in [0.05, 0.1) is 6.61 Å². The molecule has 0 N–H and O–H groups in total. The van der Waals surface area contributed by atoms with E-state index in [1.54, 1.807) is 33.2 Å². The molecule has 6 nitrogen and oxygen atoms in total. The smallest absolute Gasteiger partial charge is 0.321 e. The molecule has 0 radical (unpaired) electrons. The summed E-state index contributed by atoms with van der Waals surface area (Å²) in [6.07, 6.45) is 3.96. The lowest BCUT2D eigenvalue weighted by Crippen LogP contribution is -2.31. The van der Waals surface area contributed by atoms with Gasteiger partial charge in [-0.1, -0.05) is 11.2 Å². The average molecular weight is 275 g/mol. The van der Waals surface area contributed by atoms with Crippen molar-refractivity contribution in [3.8, 4) is 0 Å². The van der Waals surface area contributed by atoms with E-state index in [1.807, 2.05) is 12.1 Å². The minimum absolute atomic E-state index is 0.259. The number of carbonyl (C=O) groups is 1. The monoisotopic (exact) mass is 275 g/mol. The quantitative estimate of drug-likeness (QED) is 0.775. The third kappa shape index (κ3) is 3.01. The SMILES string of the molecule is CCOC(=O)C(C)(C)c1nc(Cc2cccnc2)no1. The number of nitrogens with zero attached hydrogens (tertiary/aromatic N) is 3. The summed E-state index contributed by atoms with van der Waals surface area (Å²) in [5, 5.41) is 3.90. The van der Waals surface area contributed by atoms with Crippen molar-refractivity contribution in [1.29, 1.82) is 0 Å². The Balaban J connectivity index is 2.14. The summed E-state index contributed by atoms with van der Waals surface area (Å²) in [4.78, 5) is 20.2. The molecule has 0 saturated carbocycles. The fourth-order valence-corrected chi connectivity index (χ4v) is 1.66. The maximum Gasteiger partial charge on any atom is 0.321 e. The Kier molecular flexibility index (Phi) is 4.12. The molecule has 0 bridgehead atoms. The van der Waals surface area contributed by atoms with E-state index in [0.717, 1.165) is 5.56 Å². The highest BCUT2D eigenvalue weighted by atomic mass is 16.5. The van der Waals surface area contributed by atoms with Crippen molar-refractivity contribution in [1.82, 2.24) is 15.1 Å². The summed E-state index contributed by atoms with van der Waals surface area (Å²) >= 11 is 0. The summed E-state index contributed by atoms with van der Waals surface area (Å²) < 4.78 is 10.2. The molecule has 0 spiro atoms. The number of rotatable bonds is 5. The van der Waals surface area contributed by atoms with Crippen LogP contribution in [0.15, 0.2) is 29.0 Å². The van der Waals surface area contributed by atoms with Gasteiger partial charge < -0.3 is 9.26 Å². The topological polar surface area (TPSA) is 78.1 Å². The van der Waals surface area contributed by atoms with E-state index in [0.29, 0.717) is 18.9 Å².